The first-order valence-electron chi connectivity index (χ1n) is 7.34. The van der Waals surface area contributed by atoms with Gasteiger partial charge in [-0.15, -0.1) is 24.8 Å². The van der Waals surface area contributed by atoms with Crippen molar-refractivity contribution in [1.82, 2.24) is 10.2 Å². The van der Waals surface area contributed by atoms with Crippen LogP contribution in [0.5, 0.6) is 0 Å². The van der Waals surface area contributed by atoms with Gasteiger partial charge in [0.05, 0.1) is 5.54 Å². The fourth-order valence-electron chi connectivity index (χ4n) is 2.79. The van der Waals surface area contributed by atoms with Crippen LogP contribution in [0.1, 0.15) is 48.0 Å². The van der Waals surface area contributed by atoms with Gasteiger partial charge in [0.25, 0.3) is 0 Å². The summed E-state index contributed by atoms with van der Waals surface area (Å²) >= 11 is 0. The molecule has 0 saturated carbocycles. The van der Waals surface area contributed by atoms with Crippen LogP contribution >= 0.6 is 24.8 Å². The molecule has 128 valence electrons. The maximum absolute atomic E-state index is 11.9. The zero-order chi connectivity index (χ0) is 14.8. The van der Waals surface area contributed by atoms with Crippen LogP contribution in [0.25, 0.3) is 0 Å². The predicted molar refractivity (Wildman–Crippen MR) is 94.4 cm³/mol. The van der Waals surface area contributed by atoms with E-state index in [9.17, 15) is 4.79 Å². The molecule has 21 heavy (non-hydrogen) atoms. The Kier molecular flexibility index (Phi) is 9.48. The number of halogens is 2. The summed E-state index contributed by atoms with van der Waals surface area (Å²) < 4.78 is 0. The number of likely N-dealkylation sites (tertiary alicyclic amines) is 1. The van der Waals surface area contributed by atoms with E-state index in [-0.39, 0.29) is 36.3 Å². The largest absolute Gasteiger partial charge is 0.353 e. The Labute approximate surface area is 142 Å². The van der Waals surface area contributed by atoms with Crippen molar-refractivity contribution in [1.29, 1.82) is 0 Å². The van der Waals surface area contributed by atoms with Crippen molar-refractivity contribution in [3.05, 3.63) is 0 Å². The van der Waals surface area contributed by atoms with E-state index in [1.165, 1.54) is 6.42 Å². The highest BCUT2D eigenvalue weighted by Crippen LogP contribution is 2.26. The lowest BCUT2D eigenvalue weighted by atomic mass is 9.88. The maximum atomic E-state index is 11.9. The van der Waals surface area contributed by atoms with Gasteiger partial charge in [0.1, 0.15) is 0 Å². The van der Waals surface area contributed by atoms with E-state index in [4.69, 9.17) is 5.73 Å². The van der Waals surface area contributed by atoms with Gasteiger partial charge >= 0.3 is 0 Å². The number of nitrogens with one attached hydrogen (secondary N) is 1. The number of amides is 1. The molecule has 3 N–H and O–H groups in total. The van der Waals surface area contributed by atoms with Crippen LogP contribution in [-0.2, 0) is 4.79 Å². The van der Waals surface area contributed by atoms with Crippen molar-refractivity contribution in [2.24, 2.45) is 17.6 Å². The topological polar surface area (TPSA) is 58.4 Å². The molecule has 1 rings (SSSR count). The number of carbonyl (C=O) groups is 1. The molecule has 1 amide bonds. The van der Waals surface area contributed by atoms with Crippen molar-refractivity contribution in [2.45, 2.75) is 59.0 Å². The van der Waals surface area contributed by atoms with Crippen LogP contribution in [0, 0.1) is 11.8 Å². The summed E-state index contributed by atoms with van der Waals surface area (Å²) in [6.45, 7) is 15.3. The number of rotatable bonds is 4. The highest BCUT2D eigenvalue weighted by atomic mass is 35.5. The summed E-state index contributed by atoms with van der Waals surface area (Å²) in [7, 11) is 0. The predicted octanol–water partition coefficient (Wildman–Crippen LogP) is 2.44. The van der Waals surface area contributed by atoms with Gasteiger partial charge in [-0.3, -0.25) is 9.69 Å². The molecule has 1 aliphatic rings. The van der Waals surface area contributed by atoms with Gasteiger partial charge in [-0.2, -0.15) is 0 Å². The molecular weight excluding hydrogens is 309 g/mol. The van der Waals surface area contributed by atoms with Crippen molar-refractivity contribution in [2.75, 3.05) is 19.6 Å². The molecule has 1 saturated heterocycles. The molecule has 0 aromatic carbocycles. The van der Waals surface area contributed by atoms with Crippen molar-refractivity contribution < 1.29 is 4.79 Å². The Balaban J connectivity index is 0. The lowest BCUT2D eigenvalue weighted by Crippen LogP contribution is -2.58. The van der Waals surface area contributed by atoms with Crippen molar-refractivity contribution in [3.63, 3.8) is 0 Å². The third kappa shape index (κ3) is 7.18. The van der Waals surface area contributed by atoms with Gasteiger partial charge in [-0.25, -0.2) is 0 Å². The number of hydrogen-bond donors (Lipinski definition) is 2. The zero-order valence-corrected chi connectivity index (χ0v) is 15.9. The molecule has 2 atom stereocenters. The average Bonchev–Trinajstić information content (AvgIpc) is 2.23. The average molecular weight is 342 g/mol. The second-order valence-corrected chi connectivity index (χ2v) is 7.57. The molecular formula is C15H33Cl2N3O. The first kappa shape index (κ1) is 23.2. The first-order chi connectivity index (χ1) is 8.52. The van der Waals surface area contributed by atoms with Gasteiger partial charge in [0.2, 0.25) is 5.91 Å². The first-order valence-corrected chi connectivity index (χ1v) is 7.34. The Morgan fingerprint density at radius 1 is 1.14 bits per heavy atom. The van der Waals surface area contributed by atoms with Crippen LogP contribution in [0.15, 0.2) is 0 Å². The summed E-state index contributed by atoms with van der Waals surface area (Å²) in [6.07, 6.45) is 1.30. The van der Waals surface area contributed by atoms with E-state index >= 15 is 0 Å². The Hall–Kier alpha value is -0.0300. The molecule has 0 aliphatic carbocycles. The van der Waals surface area contributed by atoms with E-state index in [0.717, 1.165) is 24.9 Å². The third-order valence-electron chi connectivity index (χ3n) is 3.99. The fraction of sp³-hybridized carbons (Fsp3) is 0.933. The van der Waals surface area contributed by atoms with E-state index in [1.54, 1.807) is 13.8 Å². The molecule has 0 aromatic heterocycles. The molecule has 4 nitrogen and oxygen atoms in total. The summed E-state index contributed by atoms with van der Waals surface area (Å²) in [4.78, 5) is 14.4. The number of nitrogens with two attached hydrogens (primary N) is 1. The Morgan fingerprint density at radius 3 is 1.95 bits per heavy atom. The minimum absolute atomic E-state index is 0. The number of piperidine rings is 1. The Bertz CT molecular complexity index is 319. The Morgan fingerprint density at radius 2 is 1.57 bits per heavy atom. The normalized spacial score (nSPS) is 23.8. The van der Waals surface area contributed by atoms with E-state index in [0.29, 0.717) is 6.54 Å². The summed E-state index contributed by atoms with van der Waals surface area (Å²) in [6, 6.07) is 0. The number of carbonyl (C=O) groups excluding carboxylic acids is 1. The lowest BCUT2D eigenvalue weighted by Gasteiger charge is -2.45. The molecule has 2 unspecified atom stereocenters. The molecule has 6 heteroatoms. The molecule has 1 heterocycles. The second kappa shape index (κ2) is 8.56. The van der Waals surface area contributed by atoms with Gasteiger partial charge in [0.15, 0.2) is 0 Å². The summed E-state index contributed by atoms with van der Waals surface area (Å²) in [5.41, 5.74) is 4.97. The monoisotopic (exact) mass is 341 g/mol. The summed E-state index contributed by atoms with van der Waals surface area (Å²) in [5.74, 6) is 1.37. The van der Waals surface area contributed by atoms with Crippen molar-refractivity contribution >= 4 is 30.7 Å². The zero-order valence-electron chi connectivity index (χ0n) is 14.2. The highest BCUT2D eigenvalue weighted by Gasteiger charge is 2.33. The molecule has 0 bridgehead atoms. The molecule has 0 aromatic rings. The van der Waals surface area contributed by atoms with Crippen LogP contribution in [0.2, 0.25) is 0 Å². The van der Waals surface area contributed by atoms with Gasteiger partial charge in [0, 0.05) is 25.2 Å². The van der Waals surface area contributed by atoms with Gasteiger partial charge < -0.3 is 11.1 Å². The summed E-state index contributed by atoms with van der Waals surface area (Å²) in [5, 5.41) is 2.98. The maximum Gasteiger partial charge on any atom is 0.239 e. The molecule has 0 radical (unpaired) electrons. The SMILES string of the molecule is CC1CC(C)CN(C(C)(C)CNC(=O)C(C)(C)N)C1.Cl.Cl. The minimum Gasteiger partial charge on any atom is -0.353 e. The van der Waals surface area contributed by atoms with Crippen LogP contribution in [0.4, 0.5) is 0 Å². The minimum atomic E-state index is -0.807. The van der Waals surface area contributed by atoms with Crippen LogP contribution in [-0.4, -0.2) is 41.5 Å². The fourth-order valence-corrected chi connectivity index (χ4v) is 2.79. The van der Waals surface area contributed by atoms with Crippen LogP contribution in [0.3, 0.4) is 0 Å². The number of hydrogen-bond acceptors (Lipinski definition) is 3. The number of nitrogens with zero attached hydrogens (tertiary/aromatic N) is 1. The highest BCUT2D eigenvalue weighted by molar-refractivity contribution is 5.86. The lowest BCUT2D eigenvalue weighted by molar-refractivity contribution is -0.125. The standard InChI is InChI=1S/C15H31N3O.2ClH/c1-11-7-12(2)9-18(8-11)14(3,4)10-17-13(19)15(5,6)16;;/h11-12H,7-10,16H2,1-6H3,(H,17,19);2*1H. The van der Waals surface area contributed by atoms with Gasteiger partial charge in [-0.1, -0.05) is 13.8 Å². The molecule has 1 fully saturated rings. The van der Waals surface area contributed by atoms with Crippen LogP contribution < -0.4 is 11.1 Å². The quantitative estimate of drug-likeness (QED) is 0.825. The van der Waals surface area contributed by atoms with E-state index < -0.39 is 5.54 Å². The van der Waals surface area contributed by atoms with E-state index in [1.807, 2.05) is 0 Å². The second-order valence-electron chi connectivity index (χ2n) is 7.57. The van der Waals surface area contributed by atoms with Crippen molar-refractivity contribution in [3.8, 4) is 0 Å². The smallest absolute Gasteiger partial charge is 0.239 e. The van der Waals surface area contributed by atoms with Gasteiger partial charge in [-0.05, 0) is 46.0 Å². The third-order valence-corrected chi connectivity index (χ3v) is 3.99. The molecule has 1 aliphatic heterocycles. The van der Waals surface area contributed by atoms with E-state index in [2.05, 4.69) is 37.9 Å². The molecule has 0 spiro atoms.